The van der Waals surface area contributed by atoms with Crippen LogP contribution >= 0.6 is 0 Å². The van der Waals surface area contributed by atoms with Crippen molar-refractivity contribution in [1.82, 2.24) is 10.6 Å². The first-order valence-electron chi connectivity index (χ1n) is 7.69. The molecule has 0 spiro atoms. The molecule has 0 heterocycles. The van der Waals surface area contributed by atoms with Crippen LogP contribution in [0, 0.1) is 0 Å². The molecule has 0 fully saturated rings. The van der Waals surface area contributed by atoms with Crippen molar-refractivity contribution in [3.63, 3.8) is 0 Å². The van der Waals surface area contributed by atoms with Gasteiger partial charge in [-0.3, -0.25) is 4.79 Å². The van der Waals surface area contributed by atoms with E-state index in [9.17, 15) is 4.79 Å². The summed E-state index contributed by atoms with van der Waals surface area (Å²) in [4.78, 5) is 11.9. The normalized spacial score (nSPS) is 17.4. The highest BCUT2D eigenvalue weighted by molar-refractivity contribution is 5.78. The number of carbonyl (C=O) groups is 1. The van der Waals surface area contributed by atoms with Gasteiger partial charge in [0.1, 0.15) is 5.75 Å². The molecule has 1 aromatic rings. The summed E-state index contributed by atoms with van der Waals surface area (Å²) in [6, 6.07) is 6.56. The molecule has 4 heteroatoms. The lowest BCUT2D eigenvalue weighted by Gasteiger charge is -2.24. The minimum Gasteiger partial charge on any atom is -0.484 e. The number of carbonyl (C=O) groups excluding carboxylic acids is 1. The molecular formula is C17H26N2O2. The molecule has 4 nitrogen and oxygen atoms in total. The molecule has 1 aliphatic carbocycles. The average Bonchev–Trinajstić information content (AvgIpc) is 2.87. The van der Waals surface area contributed by atoms with Gasteiger partial charge in [0.05, 0.1) is 0 Å². The minimum absolute atomic E-state index is 0.0671. The Morgan fingerprint density at radius 2 is 2.19 bits per heavy atom. The number of fused-ring (bicyclic) bond motifs is 1. The lowest BCUT2D eigenvalue weighted by molar-refractivity contribution is -0.124. The van der Waals surface area contributed by atoms with Gasteiger partial charge >= 0.3 is 0 Å². The molecule has 0 aromatic heterocycles. The Labute approximate surface area is 127 Å². The second-order valence-corrected chi connectivity index (χ2v) is 6.31. The van der Waals surface area contributed by atoms with Crippen LogP contribution in [0.5, 0.6) is 5.75 Å². The molecule has 1 atom stereocenters. The van der Waals surface area contributed by atoms with E-state index >= 15 is 0 Å². The second kappa shape index (κ2) is 6.48. The van der Waals surface area contributed by atoms with Crippen molar-refractivity contribution in [3.8, 4) is 5.75 Å². The van der Waals surface area contributed by atoms with Gasteiger partial charge in [-0.05, 0) is 63.4 Å². The van der Waals surface area contributed by atoms with Crippen molar-refractivity contribution in [1.29, 1.82) is 0 Å². The van der Waals surface area contributed by atoms with Gasteiger partial charge in [0.15, 0.2) is 6.61 Å². The van der Waals surface area contributed by atoms with E-state index in [0.29, 0.717) is 6.04 Å². The molecule has 21 heavy (non-hydrogen) atoms. The van der Waals surface area contributed by atoms with Crippen LogP contribution in [0.1, 0.15) is 50.8 Å². The Bertz CT molecular complexity index is 512. The summed E-state index contributed by atoms with van der Waals surface area (Å²) < 4.78 is 5.62. The van der Waals surface area contributed by atoms with Gasteiger partial charge in [-0.15, -0.1) is 0 Å². The number of hydrogen-bond donors (Lipinski definition) is 2. The SMILES string of the molecule is CCC(C)(C)NC(=O)COc1ccc2c(c1)CCC2NC. The zero-order valence-corrected chi connectivity index (χ0v) is 13.5. The molecule has 1 unspecified atom stereocenters. The first kappa shape index (κ1) is 15.8. The van der Waals surface area contributed by atoms with Gasteiger partial charge in [0.2, 0.25) is 0 Å². The molecule has 0 saturated carbocycles. The number of nitrogens with one attached hydrogen (secondary N) is 2. The summed E-state index contributed by atoms with van der Waals surface area (Å²) >= 11 is 0. The Morgan fingerprint density at radius 3 is 2.86 bits per heavy atom. The Morgan fingerprint density at radius 1 is 1.43 bits per heavy atom. The molecule has 2 rings (SSSR count). The van der Waals surface area contributed by atoms with E-state index in [1.165, 1.54) is 11.1 Å². The van der Waals surface area contributed by atoms with Crippen molar-refractivity contribution < 1.29 is 9.53 Å². The zero-order chi connectivity index (χ0) is 15.5. The Hall–Kier alpha value is -1.55. The van der Waals surface area contributed by atoms with Crippen molar-refractivity contribution in [3.05, 3.63) is 29.3 Å². The summed E-state index contributed by atoms with van der Waals surface area (Å²) in [7, 11) is 1.99. The summed E-state index contributed by atoms with van der Waals surface area (Å²) in [5, 5.41) is 6.29. The third-order valence-corrected chi connectivity index (χ3v) is 4.27. The van der Waals surface area contributed by atoms with Crippen molar-refractivity contribution in [2.45, 2.75) is 51.6 Å². The first-order chi connectivity index (χ1) is 9.95. The highest BCUT2D eigenvalue weighted by Crippen LogP contribution is 2.33. The van der Waals surface area contributed by atoms with Crippen LogP contribution in [0.15, 0.2) is 18.2 Å². The summed E-state index contributed by atoms with van der Waals surface area (Å²) in [5.41, 5.74) is 2.49. The average molecular weight is 290 g/mol. The summed E-state index contributed by atoms with van der Waals surface area (Å²) in [5.74, 6) is 0.699. The van der Waals surface area contributed by atoms with E-state index < -0.39 is 0 Å². The smallest absolute Gasteiger partial charge is 0.258 e. The van der Waals surface area contributed by atoms with E-state index in [1.807, 2.05) is 27.0 Å². The zero-order valence-electron chi connectivity index (χ0n) is 13.5. The largest absolute Gasteiger partial charge is 0.484 e. The van der Waals surface area contributed by atoms with E-state index in [0.717, 1.165) is 25.0 Å². The lowest BCUT2D eigenvalue weighted by atomic mass is 10.0. The number of amides is 1. The monoisotopic (exact) mass is 290 g/mol. The maximum absolute atomic E-state index is 11.9. The van der Waals surface area contributed by atoms with Crippen LogP contribution in [0.2, 0.25) is 0 Å². The Kier molecular flexibility index (Phi) is 4.88. The topological polar surface area (TPSA) is 50.4 Å². The van der Waals surface area contributed by atoms with Gasteiger partial charge in [-0.1, -0.05) is 13.0 Å². The highest BCUT2D eigenvalue weighted by Gasteiger charge is 2.21. The fraction of sp³-hybridized carbons (Fsp3) is 0.588. The van der Waals surface area contributed by atoms with Crippen LogP contribution in [-0.2, 0) is 11.2 Å². The number of benzene rings is 1. The number of rotatable bonds is 6. The van der Waals surface area contributed by atoms with Crippen LogP contribution in [0.4, 0.5) is 0 Å². The molecule has 1 amide bonds. The van der Waals surface area contributed by atoms with E-state index in [4.69, 9.17) is 4.74 Å². The third-order valence-electron chi connectivity index (χ3n) is 4.27. The van der Waals surface area contributed by atoms with Gasteiger partial charge < -0.3 is 15.4 Å². The van der Waals surface area contributed by atoms with Crippen LogP contribution < -0.4 is 15.4 Å². The molecule has 0 bridgehead atoms. The lowest BCUT2D eigenvalue weighted by Crippen LogP contribution is -2.44. The van der Waals surface area contributed by atoms with Crippen molar-refractivity contribution in [2.24, 2.45) is 0 Å². The summed E-state index contributed by atoms with van der Waals surface area (Å²) in [6.45, 7) is 6.15. The standard InChI is InChI=1S/C17H26N2O2/c1-5-17(2,3)19-16(20)11-21-13-7-8-14-12(10-13)6-9-15(14)18-4/h7-8,10,15,18H,5-6,9,11H2,1-4H3,(H,19,20). The number of hydrogen-bond acceptors (Lipinski definition) is 3. The van der Waals surface area contributed by atoms with E-state index in [1.54, 1.807) is 0 Å². The predicted molar refractivity (Wildman–Crippen MR) is 84.6 cm³/mol. The molecule has 0 saturated heterocycles. The van der Waals surface area contributed by atoms with Crippen LogP contribution in [-0.4, -0.2) is 25.1 Å². The highest BCUT2D eigenvalue weighted by atomic mass is 16.5. The third kappa shape index (κ3) is 3.97. The van der Waals surface area contributed by atoms with E-state index in [-0.39, 0.29) is 18.1 Å². The fourth-order valence-corrected chi connectivity index (χ4v) is 2.63. The molecule has 2 N–H and O–H groups in total. The molecule has 0 radical (unpaired) electrons. The van der Waals surface area contributed by atoms with Gasteiger partial charge in [0.25, 0.3) is 5.91 Å². The van der Waals surface area contributed by atoms with Crippen molar-refractivity contribution in [2.75, 3.05) is 13.7 Å². The quantitative estimate of drug-likeness (QED) is 0.846. The van der Waals surface area contributed by atoms with Gasteiger partial charge in [-0.25, -0.2) is 0 Å². The molecule has 1 aromatic carbocycles. The predicted octanol–water partition coefficient (Wildman–Crippen LogP) is 2.58. The fourth-order valence-electron chi connectivity index (χ4n) is 2.63. The number of ether oxygens (including phenoxy) is 1. The Balaban J connectivity index is 1.92. The molecular weight excluding hydrogens is 264 g/mol. The maximum atomic E-state index is 11.9. The van der Waals surface area contributed by atoms with E-state index in [2.05, 4.69) is 29.7 Å². The first-order valence-corrected chi connectivity index (χ1v) is 7.69. The molecule has 1 aliphatic rings. The van der Waals surface area contributed by atoms with Crippen LogP contribution in [0.3, 0.4) is 0 Å². The van der Waals surface area contributed by atoms with Gasteiger partial charge in [-0.2, -0.15) is 0 Å². The minimum atomic E-state index is -0.182. The maximum Gasteiger partial charge on any atom is 0.258 e. The second-order valence-electron chi connectivity index (χ2n) is 6.31. The number of aryl methyl sites for hydroxylation is 1. The molecule has 0 aliphatic heterocycles. The summed E-state index contributed by atoms with van der Waals surface area (Å²) in [6.07, 6.45) is 3.08. The molecule has 116 valence electrons. The van der Waals surface area contributed by atoms with Crippen molar-refractivity contribution >= 4 is 5.91 Å². The van der Waals surface area contributed by atoms with Crippen LogP contribution in [0.25, 0.3) is 0 Å². The van der Waals surface area contributed by atoms with Gasteiger partial charge in [0, 0.05) is 11.6 Å².